The van der Waals surface area contributed by atoms with Gasteiger partial charge in [0.2, 0.25) is 0 Å². The zero-order chi connectivity index (χ0) is 13.6. The van der Waals surface area contributed by atoms with Crippen molar-refractivity contribution in [2.45, 2.75) is 6.92 Å². The number of nitrogens with zero attached hydrogens (tertiary/aromatic N) is 1. The molecule has 0 aliphatic carbocycles. The highest BCUT2D eigenvalue weighted by Gasteiger charge is 2.13. The Kier molecular flexibility index (Phi) is 2.71. The molecule has 3 rings (SSSR count). The molecule has 1 aromatic heterocycles. The molecule has 0 bridgehead atoms. The van der Waals surface area contributed by atoms with Crippen LogP contribution in [0.15, 0.2) is 36.4 Å². The highest BCUT2D eigenvalue weighted by atomic mass is 32.1. The minimum absolute atomic E-state index is 0.341. The molecule has 3 aromatic rings. The Labute approximate surface area is 113 Å². The summed E-state index contributed by atoms with van der Waals surface area (Å²) >= 11 is 5.22. The first kappa shape index (κ1) is 12.0. The maximum absolute atomic E-state index is 14.0. The number of fused-ring (bicyclic) bond motifs is 1. The summed E-state index contributed by atoms with van der Waals surface area (Å²) in [4.78, 5) is 2.89. The lowest BCUT2D eigenvalue weighted by Gasteiger charge is -2.09. The molecule has 5 heteroatoms. The van der Waals surface area contributed by atoms with E-state index >= 15 is 0 Å². The van der Waals surface area contributed by atoms with Crippen LogP contribution in [0.4, 0.5) is 8.78 Å². The van der Waals surface area contributed by atoms with E-state index in [0.29, 0.717) is 21.5 Å². The molecular formula is C14H10F2N2S. The molecule has 2 aromatic carbocycles. The van der Waals surface area contributed by atoms with Crippen molar-refractivity contribution in [3.05, 3.63) is 58.4 Å². The lowest BCUT2D eigenvalue weighted by molar-refractivity contribution is 0.617. The summed E-state index contributed by atoms with van der Waals surface area (Å²) < 4.78 is 29.2. The van der Waals surface area contributed by atoms with Crippen LogP contribution in [0.5, 0.6) is 0 Å². The van der Waals surface area contributed by atoms with Gasteiger partial charge in [0.1, 0.15) is 11.6 Å². The molecule has 0 saturated heterocycles. The number of halogens is 2. The molecule has 0 atom stereocenters. The Morgan fingerprint density at radius 3 is 2.68 bits per heavy atom. The fourth-order valence-electron chi connectivity index (χ4n) is 2.21. The zero-order valence-corrected chi connectivity index (χ0v) is 10.9. The van der Waals surface area contributed by atoms with Crippen LogP contribution in [0.2, 0.25) is 0 Å². The van der Waals surface area contributed by atoms with Crippen molar-refractivity contribution < 1.29 is 8.78 Å². The SMILES string of the molecule is Cc1cccc(F)c1-n1c(=S)[nH]c2cc(F)ccc21. The molecule has 0 radical (unpaired) electrons. The summed E-state index contributed by atoms with van der Waals surface area (Å²) in [5, 5.41) is 0. The maximum atomic E-state index is 14.0. The third kappa shape index (κ3) is 1.86. The molecular weight excluding hydrogens is 266 g/mol. The van der Waals surface area contributed by atoms with Crippen LogP contribution >= 0.6 is 12.2 Å². The lowest BCUT2D eigenvalue weighted by atomic mass is 10.2. The van der Waals surface area contributed by atoms with Crippen LogP contribution in [0.25, 0.3) is 16.7 Å². The van der Waals surface area contributed by atoms with Crippen molar-refractivity contribution in [3.8, 4) is 5.69 Å². The summed E-state index contributed by atoms with van der Waals surface area (Å²) in [6.07, 6.45) is 0. The number of hydrogen-bond donors (Lipinski definition) is 1. The van der Waals surface area contributed by atoms with Crippen LogP contribution in [0.1, 0.15) is 5.56 Å². The Morgan fingerprint density at radius 1 is 1.16 bits per heavy atom. The van der Waals surface area contributed by atoms with Gasteiger partial charge in [0.05, 0.1) is 16.7 Å². The second-order valence-corrected chi connectivity index (χ2v) is 4.72. The number of imidazole rings is 1. The molecule has 0 spiro atoms. The minimum atomic E-state index is -0.360. The smallest absolute Gasteiger partial charge is 0.182 e. The molecule has 2 nitrogen and oxygen atoms in total. The molecule has 0 fully saturated rings. The van der Waals surface area contributed by atoms with Gasteiger partial charge in [0.15, 0.2) is 4.77 Å². The van der Waals surface area contributed by atoms with Crippen molar-refractivity contribution in [2.24, 2.45) is 0 Å². The maximum Gasteiger partial charge on any atom is 0.182 e. The van der Waals surface area contributed by atoms with E-state index in [0.717, 1.165) is 5.56 Å². The van der Waals surface area contributed by atoms with Crippen molar-refractivity contribution in [1.29, 1.82) is 0 Å². The Morgan fingerprint density at radius 2 is 1.95 bits per heavy atom. The van der Waals surface area contributed by atoms with E-state index in [-0.39, 0.29) is 11.6 Å². The number of H-pyrrole nitrogens is 1. The first-order chi connectivity index (χ1) is 9.08. The van der Waals surface area contributed by atoms with Crippen molar-refractivity contribution in [1.82, 2.24) is 9.55 Å². The fraction of sp³-hybridized carbons (Fsp3) is 0.0714. The summed E-state index contributed by atoms with van der Waals surface area (Å²) in [6, 6.07) is 9.10. The number of rotatable bonds is 1. The molecule has 19 heavy (non-hydrogen) atoms. The van der Waals surface area contributed by atoms with Crippen LogP contribution in [-0.4, -0.2) is 9.55 Å². The number of benzene rings is 2. The number of hydrogen-bond acceptors (Lipinski definition) is 1. The second-order valence-electron chi connectivity index (χ2n) is 4.33. The topological polar surface area (TPSA) is 20.7 Å². The Balaban J connectivity index is 2.43. The van der Waals surface area contributed by atoms with Gasteiger partial charge < -0.3 is 4.98 Å². The van der Waals surface area contributed by atoms with E-state index in [2.05, 4.69) is 4.98 Å². The highest BCUT2D eigenvalue weighted by molar-refractivity contribution is 7.71. The summed E-state index contributed by atoms with van der Waals surface area (Å²) in [6.45, 7) is 1.81. The molecule has 0 aliphatic heterocycles. The predicted molar refractivity (Wildman–Crippen MR) is 73.1 cm³/mol. The second kappa shape index (κ2) is 4.28. The predicted octanol–water partition coefficient (Wildman–Crippen LogP) is 4.27. The van der Waals surface area contributed by atoms with Crippen LogP contribution in [0.3, 0.4) is 0 Å². The number of aromatic nitrogens is 2. The van der Waals surface area contributed by atoms with E-state index < -0.39 is 0 Å². The summed E-state index contributed by atoms with van der Waals surface area (Å²) in [5.41, 5.74) is 2.36. The molecule has 0 amide bonds. The van der Waals surface area contributed by atoms with Crippen molar-refractivity contribution in [3.63, 3.8) is 0 Å². The fourth-order valence-corrected chi connectivity index (χ4v) is 2.51. The van der Waals surface area contributed by atoms with Crippen molar-refractivity contribution >= 4 is 23.3 Å². The Hall–Kier alpha value is -2.01. The average molecular weight is 276 g/mol. The lowest BCUT2D eigenvalue weighted by Crippen LogP contribution is -2.00. The average Bonchev–Trinajstić information content (AvgIpc) is 2.65. The van der Waals surface area contributed by atoms with Gasteiger partial charge in [-0.3, -0.25) is 4.57 Å². The van der Waals surface area contributed by atoms with E-state index in [4.69, 9.17) is 12.2 Å². The number of para-hydroxylation sites is 1. The Bertz CT molecular complexity index is 813. The van der Waals surface area contributed by atoms with Gasteiger partial charge in [-0.1, -0.05) is 12.1 Å². The van der Waals surface area contributed by atoms with E-state index in [1.807, 2.05) is 13.0 Å². The first-order valence-corrected chi connectivity index (χ1v) is 6.14. The molecule has 1 heterocycles. The van der Waals surface area contributed by atoms with Crippen LogP contribution < -0.4 is 0 Å². The van der Waals surface area contributed by atoms with Gasteiger partial charge in [-0.2, -0.15) is 0 Å². The number of aromatic amines is 1. The first-order valence-electron chi connectivity index (χ1n) is 5.73. The monoisotopic (exact) mass is 276 g/mol. The largest absolute Gasteiger partial charge is 0.330 e. The summed E-state index contributed by atoms with van der Waals surface area (Å²) in [5.74, 6) is -0.720. The molecule has 96 valence electrons. The highest BCUT2D eigenvalue weighted by Crippen LogP contribution is 2.24. The quantitative estimate of drug-likeness (QED) is 0.658. The van der Waals surface area contributed by atoms with Gasteiger partial charge in [-0.25, -0.2) is 8.78 Å². The van der Waals surface area contributed by atoms with E-state index in [1.54, 1.807) is 16.7 Å². The number of aryl methyl sites for hydroxylation is 1. The molecule has 0 saturated carbocycles. The van der Waals surface area contributed by atoms with Gasteiger partial charge in [0.25, 0.3) is 0 Å². The number of nitrogens with one attached hydrogen (secondary N) is 1. The molecule has 0 unspecified atom stereocenters. The third-order valence-electron chi connectivity index (χ3n) is 3.06. The van der Waals surface area contributed by atoms with Crippen LogP contribution in [0, 0.1) is 23.3 Å². The third-order valence-corrected chi connectivity index (χ3v) is 3.34. The summed E-state index contributed by atoms with van der Waals surface area (Å²) in [7, 11) is 0. The van der Waals surface area contributed by atoms with Gasteiger partial charge in [-0.05, 0) is 49.0 Å². The molecule has 0 aliphatic rings. The van der Waals surface area contributed by atoms with E-state index in [1.165, 1.54) is 18.2 Å². The molecule has 1 N–H and O–H groups in total. The van der Waals surface area contributed by atoms with Crippen LogP contribution in [-0.2, 0) is 0 Å². The van der Waals surface area contributed by atoms with Gasteiger partial charge in [0, 0.05) is 0 Å². The van der Waals surface area contributed by atoms with Gasteiger partial charge in [-0.15, -0.1) is 0 Å². The van der Waals surface area contributed by atoms with Gasteiger partial charge >= 0.3 is 0 Å². The van der Waals surface area contributed by atoms with Crippen molar-refractivity contribution in [2.75, 3.05) is 0 Å². The minimum Gasteiger partial charge on any atom is -0.330 e. The van der Waals surface area contributed by atoms with E-state index in [9.17, 15) is 8.78 Å². The zero-order valence-electron chi connectivity index (χ0n) is 10.1. The normalized spacial score (nSPS) is 11.1. The standard InChI is InChI=1S/C14H10F2N2S/c1-8-3-2-4-10(16)13(8)18-12-6-5-9(15)7-11(12)17-14(18)19/h2-7H,1H3,(H,17,19).